The van der Waals surface area contributed by atoms with Crippen molar-refractivity contribution >= 4 is 11.6 Å². The first kappa shape index (κ1) is 16.3. The van der Waals surface area contributed by atoms with Gasteiger partial charge < -0.3 is 4.90 Å². The van der Waals surface area contributed by atoms with Crippen LogP contribution in [0.1, 0.15) is 37.8 Å². The molecule has 0 N–H and O–H groups in total. The molecule has 22 heavy (non-hydrogen) atoms. The zero-order valence-corrected chi connectivity index (χ0v) is 13.8. The Balaban J connectivity index is 2.27. The summed E-state index contributed by atoms with van der Waals surface area (Å²) in [6.07, 6.45) is 1.95. The molecule has 0 spiro atoms. The Morgan fingerprint density at radius 1 is 1.09 bits per heavy atom. The third-order valence-corrected chi connectivity index (χ3v) is 3.90. The summed E-state index contributed by atoms with van der Waals surface area (Å²) in [5, 5.41) is 0. The van der Waals surface area contributed by atoms with Crippen LogP contribution in [0.15, 0.2) is 54.6 Å². The fourth-order valence-electron chi connectivity index (χ4n) is 2.72. The van der Waals surface area contributed by atoms with Gasteiger partial charge in [0.05, 0.1) is 6.54 Å². The van der Waals surface area contributed by atoms with Crippen molar-refractivity contribution in [2.24, 2.45) is 5.92 Å². The smallest absolute Gasteiger partial charge is 0.230 e. The maximum atomic E-state index is 12.8. The molecule has 0 aromatic heterocycles. The van der Waals surface area contributed by atoms with Crippen molar-refractivity contribution in [3.8, 4) is 0 Å². The molecule has 2 rings (SSSR count). The van der Waals surface area contributed by atoms with Gasteiger partial charge >= 0.3 is 0 Å². The topological polar surface area (TPSA) is 20.3 Å². The van der Waals surface area contributed by atoms with Gasteiger partial charge in [-0.2, -0.15) is 0 Å². The van der Waals surface area contributed by atoms with Gasteiger partial charge in [-0.3, -0.25) is 4.79 Å². The molecule has 0 radical (unpaired) electrons. The van der Waals surface area contributed by atoms with Gasteiger partial charge in [-0.05, 0) is 31.0 Å². The van der Waals surface area contributed by atoms with E-state index in [2.05, 4.69) is 32.0 Å². The number of carbonyl (C=O) groups is 1. The molecule has 0 aliphatic heterocycles. The number of anilines is 1. The van der Waals surface area contributed by atoms with E-state index in [4.69, 9.17) is 0 Å². The van der Waals surface area contributed by atoms with Gasteiger partial charge in [0.25, 0.3) is 0 Å². The SMILES string of the molecule is CCCC(C)C(=O)N(Cc1cccc(C)c1)c1ccccc1. The third kappa shape index (κ3) is 4.20. The predicted molar refractivity (Wildman–Crippen MR) is 92.9 cm³/mol. The van der Waals surface area contributed by atoms with Crippen molar-refractivity contribution in [1.29, 1.82) is 0 Å². The predicted octanol–water partition coefficient (Wildman–Crippen LogP) is 4.96. The average Bonchev–Trinajstić information content (AvgIpc) is 2.53. The minimum absolute atomic E-state index is 0.0509. The molecule has 2 aromatic carbocycles. The molecular formula is C20H25NO. The fourth-order valence-corrected chi connectivity index (χ4v) is 2.72. The normalized spacial score (nSPS) is 12.0. The van der Waals surface area contributed by atoms with Crippen molar-refractivity contribution in [2.45, 2.75) is 40.2 Å². The highest BCUT2D eigenvalue weighted by atomic mass is 16.2. The van der Waals surface area contributed by atoms with Crippen LogP contribution in [0.5, 0.6) is 0 Å². The number of aryl methyl sites for hydroxylation is 1. The molecule has 2 nitrogen and oxygen atoms in total. The molecule has 0 aliphatic carbocycles. The summed E-state index contributed by atoms with van der Waals surface area (Å²) in [5.74, 6) is 0.254. The molecule has 0 saturated carbocycles. The van der Waals surface area contributed by atoms with Gasteiger partial charge in [-0.1, -0.05) is 68.3 Å². The van der Waals surface area contributed by atoms with Crippen LogP contribution in [-0.2, 0) is 11.3 Å². The Hall–Kier alpha value is -2.09. The van der Waals surface area contributed by atoms with Crippen LogP contribution in [0.4, 0.5) is 5.69 Å². The van der Waals surface area contributed by atoms with Gasteiger partial charge in [0, 0.05) is 11.6 Å². The van der Waals surface area contributed by atoms with Crippen LogP contribution in [0.25, 0.3) is 0 Å². The second kappa shape index (κ2) is 7.79. The number of carbonyl (C=O) groups excluding carboxylic acids is 1. The van der Waals surface area contributed by atoms with Crippen molar-refractivity contribution < 1.29 is 4.79 Å². The van der Waals surface area contributed by atoms with Gasteiger partial charge in [-0.25, -0.2) is 0 Å². The highest BCUT2D eigenvalue weighted by Gasteiger charge is 2.21. The van der Waals surface area contributed by atoms with Crippen LogP contribution < -0.4 is 4.90 Å². The summed E-state index contributed by atoms with van der Waals surface area (Å²) in [6, 6.07) is 18.3. The number of amides is 1. The number of para-hydroxylation sites is 1. The van der Waals surface area contributed by atoms with Crippen LogP contribution in [0.2, 0.25) is 0 Å². The fraction of sp³-hybridized carbons (Fsp3) is 0.350. The summed E-state index contributed by atoms with van der Waals surface area (Å²) in [5.41, 5.74) is 3.36. The second-order valence-electron chi connectivity index (χ2n) is 5.94. The van der Waals surface area contributed by atoms with Crippen molar-refractivity contribution in [1.82, 2.24) is 0 Å². The summed E-state index contributed by atoms with van der Waals surface area (Å²) in [6.45, 7) is 6.85. The Morgan fingerprint density at radius 2 is 1.82 bits per heavy atom. The zero-order valence-electron chi connectivity index (χ0n) is 13.8. The molecule has 0 saturated heterocycles. The monoisotopic (exact) mass is 295 g/mol. The zero-order chi connectivity index (χ0) is 15.9. The Bertz CT molecular complexity index is 606. The van der Waals surface area contributed by atoms with E-state index >= 15 is 0 Å². The highest BCUT2D eigenvalue weighted by molar-refractivity contribution is 5.94. The summed E-state index contributed by atoms with van der Waals surface area (Å²) < 4.78 is 0. The van der Waals surface area contributed by atoms with E-state index in [0.29, 0.717) is 6.54 Å². The number of rotatable bonds is 6. The van der Waals surface area contributed by atoms with E-state index in [0.717, 1.165) is 18.5 Å². The molecule has 2 heteroatoms. The molecular weight excluding hydrogens is 270 g/mol. The van der Waals surface area contributed by atoms with E-state index in [1.54, 1.807) is 0 Å². The maximum absolute atomic E-state index is 12.8. The lowest BCUT2D eigenvalue weighted by Gasteiger charge is -2.26. The first-order valence-electron chi connectivity index (χ1n) is 8.03. The third-order valence-electron chi connectivity index (χ3n) is 3.90. The Morgan fingerprint density at radius 3 is 2.45 bits per heavy atom. The largest absolute Gasteiger partial charge is 0.308 e. The molecule has 0 aliphatic rings. The average molecular weight is 295 g/mol. The van der Waals surface area contributed by atoms with E-state index in [1.807, 2.05) is 48.2 Å². The summed E-state index contributed by atoms with van der Waals surface area (Å²) in [4.78, 5) is 14.8. The molecule has 1 unspecified atom stereocenters. The molecule has 116 valence electrons. The number of hydrogen-bond acceptors (Lipinski definition) is 1. The lowest BCUT2D eigenvalue weighted by atomic mass is 10.0. The van der Waals surface area contributed by atoms with E-state index in [9.17, 15) is 4.79 Å². The lowest BCUT2D eigenvalue weighted by molar-refractivity contribution is -0.122. The van der Waals surface area contributed by atoms with Gasteiger partial charge in [0.15, 0.2) is 0 Å². The standard InChI is InChI=1S/C20H25NO/c1-4-9-17(3)20(22)21(19-12-6-5-7-13-19)15-18-11-8-10-16(2)14-18/h5-8,10-14,17H,4,9,15H2,1-3H3. The van der Waals surface area contributed by atoms with Gasteiger partial charge in [0.1, 0.15) is 0 Å². The van der Waals surface area contributed by atoms with Gasteiger partial charge in [-0.15, -0.1) is 0 Å². The van der Waals surface area contributed by atoms with Crippen molar-refractivity contribution in [3.05, 3.63) is 65.7 Å². The van der Waals surface area contributed by atoms with Crippen LogP contribution in [0.3, 0.4) is 0 Å². The molecule has 2 aromatic rings. The molecule has 1 atom stereocenters. The minimum Gasteiger partial charge on any atom is -0.308 e. The molecule has 0 bridgehead atoms. The molecule has 1 amide bonds. The minimum atomic E-state index is 0.0509. The Kier molecular flexibility index (Phi) is 5.76. The van der Waals surface area contributed by atoms with Crippen LogP contribution >= 0.6 is 0 Å². The second-order valence-corrected chi connectivity index (χ2v) is 5.94. The first-order chi connectivity index (χ1) is 10.6. The summed E-state index contributed by atoms with van der Waals surface area (Å²) in [7, 11) is 0. The number of benzene rings is 2. The van der Waals surface area contributed by atoms with Crippen LogP contribution in [0, 0.1) is 12.8 Å². The van der Waals surface area contributed by atoms with E-state index in [1.165, 1.54) is 11.1 Å². The summed E-state index contributed by atoms with van der Waals surface area (Å²) >= 11 is 0. The number of nitrogens with zero attached hydrogens (tertiary/aromatic N) is 1. The van der Waals surface area contributed by atoms with Crippen LogP contribution in [-0.4, -0.2) is 5.91 Å². The highest BCUT2D eigenvalue weighted by Crippen LogP contribution is 2.21. The van der Waals surface area contributed by atoms with Gasteiger partial charge in [0.2, 0.25) is 5.91 Å². The van der Waals surface area contributed by atoms with Crippen molar-refractivity contribution in [2.75, 3.05) is 4.90 Å². The molecule has 0 fully saturated rings. The lowest BCUT2D eigenvalue weighted by Crippen LogP contribution is -2.34. The number of hydrogen-bond donors (Lipinski definition) is 0. The maximum Gasteiger partial charge on any atom is 0.230 e. The molecule has 0 heterocycles. The van der Waals surface area contributed by atoms with E-state index < -0.39 is 0 Å². The van der Waals surface area contributed by atoms with E-state index in [-0.39, 0.29) is 11.8 Å². The Labute approximate surface area is 133 Å². The quantitative estimate of drug-likeness (QED) is 0.737. The first-order valence-corrected chi connectivity index (χ1v) is 8.03. The van der Waals surface area contributed by atoms with Crippen molar-refractivity contribution in [3.63, 3.8) is 0 Å².